The molecular weight excluding hydrogens is 198 g/mol. The first-order valence-corrected chi connectivity index (χ1v) is 5.86. The lowest BCUT2D eigenvalue weighted by atomic mass is 11.9. The Bertz CT molecular complexity index is 310. The zero-order valence-electron chi connectivity index (χ0n) is 4.94. The summed E-state index contributed by atoms with van der Waals surface area (Å²) in [5, 5.41) is 0. The van der Waals surface area contributed by atoms with Crippen molar-refractivity contribution in [3.8, 4) is 0 Å². The fourth-order valence-corrected chi connectivity index (χ4v) is 2.43. The van der Waals surface area contributed by atoms with Crippen molar-refractivity contribution in [3.05, 3.63) is 0 Å². The molecule has 0 rings (SSSR count). The van der Waals surface area contributed by atoms with Crippen LogP contribution in [0.2, 0.25) is 0 Å². The fraction of sp³-hybridized carbons (Fsp3) is 0.500. The maximum absolute atomic E-state index is 10.4. The molecular formula is C2H5NO4S3. The van der Waals surface area contributed by atoms with Gasteiger partial charge in [-0.3, -0.25) is 0 Å². The van der Waals surface area contributed by atoms with Crippen molar-refractivity contribution in [2.45, 2.75) is 0 Å². The highest BCUT2D eigenvalue weighted by Gasteiger charge is 2.11. The van der Waals surface area contributed by atoms with Crippen LogP contribution in [0, 0.1) is 0 Å². The van der Waals surface area contributed by atoms with Crippen molar-refractivity contribution in [1.82, 2.24) is 4.13 Å². The van der Waals surface area contributed by atoms with Gasteiger partial charge in [0.1, 0.15) is 4.70 Å². The number of hydrogen-bond donors (Lipinski definition) is 1. The summed E-state index contributed by atoms with van der Waals surface area (Å²) >= 11 is 4.02. The van der Waals surface area contributed by atoms with Crippen LogP contribution in [-0.4, -0.2) is 27.8 Å². The SMILES string of the molecule is CS(=O)(=O)NS(=O)(=O)C=S. The molecule has 0 aliphatic carbocycles. The summed E-state index contributed by atoms with van der Waals surface area (Å²) in [6.07, 6.45) is 0.726. The van der Waals surface area contributed by atoms with Gasteiger partial charge in [-0.05, 0) is 0 Å². The molecule has 0 spiro atoms. The molecule has 0 fully saturated rings. The first kappa shape index (κ1) is 9.95. The van der Waals surface area contributed by atoms with E-state index in [1.54, 1.807) is 0 Å². The monoisotopic (exact) mass is 203 g/mol. The van der Waals surface area contributed by atoms with E-state index >= 15 is 0 Å². The second kappa shape index (κ2) is 2.91. The third-order valence-electron chi connectivity index (χ3n) is 0.394. The van der Waals surface area contributed by atoms with Crippen molar-refractivity contribution in [2.75, 3.05) is 6.26 Å². The number of rotatable bonds is 3. The van der Waals surface area contributed by atoms with Gasteiger partial charge in [-0.2, -0.15) is 0 Å². The Hall–Kier alpha value is -0.0500. The Morgan fingerprint density at radius 1 is 1.30 bits per heavy atom. The van der Waals surface area contributed by atoms with Crippen LogP contribution in [-0.2, 0) is 20.0 Å². The van der Waals surface area contributed by atoms with Crippen LogP contribution in [0.5, 0.6) is 0 Å². The van der Waals surface area contributed by atoms with Gasteiger partial charge in [0.15, 0.2) is 0 Å². The largest absolute Gasteiger partial charge is 0.256 e. The predicted molar refractivity (Wildman–Crippen MR) is 40.6 cm³/mol. The van der Waals surface area contributed by atoms with E-state index in [4.69, 9.17) is 0 Å². The molecule has 0 atom stereocenters. The second-order valence-electron chi connectivity index (χ2n) is 1.50. The molecule has 0 saturated heterocycles. The highest BCUT2D eigenvalue weighted by Crippen LogP contribution is 1.82. The van der Waals surface area contributed by atoms with E-state index in [0.717, 1.165) is 6.26 Å². The van der Waals surface area contributed by atoms with Crippen molar-refractivity contribution in [1.29, 1.82) is 0 Å². The van der Waals surface area contributed by atoms with Crippen LogP contribution in [0.15, 0.2) is 0 Å². The minimum absolute atomic E-state index is 0.355. The summed E-state index contributed by atoms with van der Waals surface area (Å²) in [4.78, 5) is 0. The Morgan fingerprint density at radius 2 is 1.70 bits per heavy atom. The van der Waals surface area contributed by atoms with Crippen molar-refractivity contribution in [3.63, 3.8) is 0 Å². The Morgan fingerprint density at radius 3 is 1.80 bits per heavy atom. The maximum atomic E-state index is 10.4. The second-order valence-corrected chi connectivity index (χ2v) is 5.57. The summed E-state index contributed by atoms with van der Waals surface area (Å²) in [6, 6.07) is 0. The third kappa shape index (κ3) is 4.79. The Kier molecular flexibility index (Phi) is 2.89. The van der Waals surface area contributed by atoms with Gasteiger partial charge in [-0.25, -0.2) is 16.8 Å². The molecule has 0 heterocycles. The molecule has 0 amide bonds. The lowest BCUT2D eigenvalue weighted by molar-refractivity contribution is 0.587. The lowest BCUT2D eigenvalue weighted by Gasteiger charge is -1.95. The summed E-state index contributed by atoms with van der Waals surface area (Å²) in [5.41, 5.74) is 0. The van der Waals surface area contributed by atoms with Crippen LogP contribution in [0.3, 0.4) is 0 Å². The Labute approximate surface area is 64.5 Å². The first-order valence-electron chi connectivity index (χ1n) is 1.95. The smallest absolute Gasteiger partial charge is 0.212 e. The summed E-state index contributed by atoms with van der Waals surface area (Å²) < 4.78 is 42.9. The molecule has 0 bridgehead atoms. The maximum Gasteiger partial charge on any atom is 0.256 e. The number of hydrogen-bond acceptors (Lipinski definition) is 5. The molecule has 0 aliphatic heterocycles. The average molecular weight is 203 g/mol. The molecule has 1 N–H and O–H groups in total. The van der Waals surface area contributed by atoms with E-state index in [1.807, 2.05) is 0 Å². The molecule has 0 aromatic heterocycles. The van der Waals surface area contributed by atoms with Crippen molar-refractivity contribution >= 4 is 37.0 Å². The molecule has 8 heteroatoms. The van der Waals surface area contributed by atoms with E-state index in [0.29, 0.717) is 4.70 Å². The van der Waals surface area contributed by atoms with Gasteiger partial charge in [0.25, 0.3) is 10.0 Å². The number of nitrogens with one attached hydrogen (secondary N) is 1. The fourth-order valence-electron chi connectivity index (χ4n) is 0.231. The van der Waals surface area contributed by atoms with Crippen LogP contribution >= 0.6 is 12.2 Å². The van der Waals surface area contributed by atoms with E-state index in [2.05, 4.69) is 12.2 Å². The highest BCUT2D eigenvalue weighted by molar-refractivity contribution is 8.18. The minimum atomic E-state index is -3.93. The number of thiocarbonyl (C=S) groups is 1. The molecule has 5 nitrogen and oxygen atoms in total. The van der Waals surface area contributed by atoms with Crippen LogP contribution in [0.25, 0.3) is 0 Å². The van der Waals surface area contributed by atoms with Crippen molar-refractivity contribution < 1.29 is 16.8 Å². The predicted octanol–water partition coefficient (Wildman–Crippen LogP) is -1.18. The summed E-state index contributed by atoms with van der Waals surface area (Å²) in [6.45, 7) is 0. The van der Waals surface area contributed by atoms with Gasteiger partial charge < -0.3 is 0 Å². The molecule has 0 aromatic rings. The molecule has 0 radical (unpaired) electrons. The Balaban J connectivity index is 4.65. The minimum Gasteiger partial charge on any atom is -0.212 e. The van der Waals surface area contributed by atoms with Gasteiger partial charge in [0.05, 0.1) is 6.26 Å². The van der Waals surface area contributed by atoms with Gasteiger partial charge in [0.2, 0.25) is 10.0 Å². The average Bonchev–Trinajstić information content (AvgIpc) is 1.60. The van der Waals surface area contributed by atoms with Crippen LogP contribution in [0.1, 0.15) is 0 Å². The van der Waals surface area contributed by atoms with Gasteiger partial charge in [-0.1, -0.05) is 12.2 Å². The molecule has 0 aromatic carbocycles. The normalized spacial score (nSPS) is 12.9. The zero-order valence-corrected chi connectivity index (χ0v) is 7.38. The first-order chi connectivity index (χ1) is 4.27. The van der Waals surface area contributed by atoms with Gasteiger partial charge >= 0.3 is 0 Å². The van der Waals surface area contributed by atoms with E-state index in [9.17, 15) is 16.8 Å². The van der Waals surface area contributed by atoms with E-state index < -0.39 is 20.0 Å². The van der Waals surface area contributed by atoms with Gasteiger partial charge in [-0.15, -0.1) is 4.13 Å². The molecule has 0 aliphatic rings. The molecule has 10 heavy (non-hydrogen) atoms. The van der Waals surface area contributed by atoms with Crippen molar-refractivity contribution in [2.24, 2.45) is 0 Å². The van der Waals surface area contributed by atoms with Crippen LogP contribution < -0.4 is 4.13 Å². The lowest BCUT2D eigenvalue weighted by Crippen LogP contribution is -2.29. The molecule has 60 valence electrons. The van der Waals surface area contributed by atoms with E-state index in [1.165, 1.54) is 4.13 Å². The standard InChI is InChI=1S/C2H5NO4S3/c1-9(4,5)3-10(6,7)2-8/h2-3H,1H3. The van der Waals surface area contributed by atoms with Crippen LogP contribution in [0.4, 0.5) is 0 Å². The quantitative estimate of drug-likeness (QED) is 0.584. The molecule has 0 saturated carbocycles. The third-order valence-corrected chi connectivity index (χ3v) is 3.55. The number of sulfonamides is 2. The molecule has 0 unspecified atom stereocenters. The summed E-state index contributed by atoms with van der Waals surface area (Å²) in [7, 11) is -7.66. The topological polar surface area (TPSA) is 80.3 Å². The van der Waals surface area contributed by atoms with E-state index in [-0.39, 0.29) is 0 Å². The summed E-state index contributed by atoms with van der Waals surface area (Å²) in [5.74, 6) is 0. The van der Waals surface area contributed by atoms with Gasteiger partial charge in [0, 0.05) is 0 Å². The highest BCUT2D eigenvalue weighted by atomic mass is 32.3. The zero-order chi connectivity index (χ0) is 8.41.